The lowest BCUT2D eigenvalue weighted by Crippen LogP contribution is -2.62. The van der Waals surface area contributed by atoms with E-state index in [1.807, 2.05) is 64.1 Å². The Morgan fingerprint density at radius 2 is 1.64 bits per heavy atom. The lowest BCUT2D eigenvalue weighted by atomic mass is 9.58. The predicted molar refractivity (Wildman–Crippen MR) is 157 cm³/mol. The summed E-state index contributed by atoms with van der Waals surface area (Å²) in [5.74, 6) is -0.464. The number of carbonyl (C=O) groups is 2. The van der Waals surface area contributed by atoms with E-state index < -0.39 is 23.3 Å². The molecule has 210 valence electrons. The van der Waals surface area contributed by atoms with E-state index in [-0.39, 0.29) is 29.7 Å². The first-order chi connectivity index (χ1) is 18.4. The Bertz CT molecular complexity index is 1240. The van der Waals surface area contributed by atoms with E-state index in [4.69, 9.17) is 39.5 Å². The third-order valence-electron chi connectivity index (χ3n) is 8.79. The zero-order valence-electron chi connectivity index (χ0n) is 23.0. The van der Waals surface area contributed by atoms with E-state index in [9.17, 15) is 9.59 Å². The Morgan fingerprint density at radius 1 is 1.00 bits per heavy atom. The summed E-state index contributed by atoms with van der Waals surface area (Å²) in [4.78, 5) is 29.4. The van der Waals surface area contributed by atoms with Gasteiger partial charge in [-0.05, 0) is 101 Å². The van der Waals surface area contributed by atoms with Crippen molar-refractivity contribution in [3.63, 3.8) is 0 Å². The highest BCUT2D eigenvalue weighted by molar-refractivity contribution is 6.35. The molecule has 5 nitrogen and oxygen atoms in total. The van der Waals surface area contributed by atoms with Gasteiger partial charge < -0.3 is 10.1 Å². The van der Waals surface area contributed by atoms with Crippen LogP contribution in [-0.2, 0) is 9.53 Å². The summed E-state index contributed by atoms with van der Waals surface area (Å²) >= 11 is 19.4. The Hall–Kier alpha value is -1.79. The van der Waals surface area contributed by atoms with Gasteiger partial charge in [0.2, 0.25) is 0 Å². The summed E-state index contributed by atoms with van der Waals surface area (Å²) < 4.78 is 5.77. The molecule has 0 bridgehead atoms. The van der Waals surface area contributed by atoms with Gasteiger partial charge in [-0.2, -0.15) is 0 Å². The van der Waals surface area contributed by atoms with E-state index in [1.54, 1.807) is 6.07 Å². The van der Waals surface area contributed by atoms with Gasteiger partial charge >= 0.3 is 6.09 Å². The second-order valence-corrected chi connectivity index (χ2v) is 13.7. The first-order valence-electron chi connectivity index (χ1n) is 14.0. The number of nitrogens with one attached hydrogen (secondary N) is 1. The van der Waals surface area contributed by atoms with Crippen molar-refractivity contribution >= 4 is 46.8 Å². The van der Waals surface area contributed by atoms with Crippen LogP contribution in [0.4, 0.5) is 4.79 Å². The molecule has 1 N–H and O–H groups in total. The number of imide groups is 1. The fourth-order valence-electron chi connectivity index (χ4n) is 7.31. The van der Waals surface area contributed by atoms with Gasteiger partial charge in [-0.25, -0.2) is 9.69 Å². The van der Waals surface area contributed by atoms with Gasteiger partial charge in [-0.15, -0.1) is 0 Å². The third kappa shape index (κ3) is 5.45. The van der Waals surface area contributed by atoms with Crippen LogP contribution >= 0.6 is 34.8 Å². The number of fused-ring (bicyclic) bond motifs is 1. The molecular weight excluding hydrogens is 555 g/mol. The number of hydrogen-bond acceptors (Lipinski definition) is 4. The monoisotopic (exact) mass is 590 g/mol. The third-order valence-corrected chi connectivity index (χ3v) is 9.60. The standard InChI is InChI=1S/C31H37Cl3N2O3/c1-18-27-26(19-9-11-20(32)12-10-19)24(23-14-13-21(33)17-25(23)34)15-16-31(27,35-22-7-5-6-8-22)28(37)36(18)29(38)39-30(2,3)4/h9-14,17-18,22,24,26-27,35H,5-8,15-16H2,1-4H3/t18-,24+,26+,27+,31+/m1/s1. The molecule has 3 fully saturated rings. The van der Waals surface area contributed by atoms with Crippen LogP contribution in [-0.4, -0.2) is 40.1 Å². The molecule has 0 unspecified atom stereocenters. The van der Waals surface area contributed by atoms with Crippen LogP contribution in [0.1, 0.15) is 89.2 Å². The number of benzene rings is 2. The molecule has 1 saturated heterocycles. The minimum Gasteiger partial charge on any atom is -0.443 e. The van der Waals surface area contributed by atoms with E-state index in [0.29, 0.717) is 21.5 Å². The smallest absolute Gasteiger partial charge is 0.417 e. The molecular formula is C31H37Cl3N2O3. The number of ether oxygens (including phenoxy) is 1. The summed E-state index contributed by atoms with van der Waals surface area (Å²) in [5.41, 5.74) is 0.478. The lowest BCUT2D eigenvalue weighted by Gasteiger charge is -2.49. The maximum absolute atomic E-state index is 14.5. The highest BCUT2D eigenvalue weighted by Gasteiger charge is 2.65. The molecule has 1 aliphatic heterocycles. The summed E-state index contributed by atoms with van der Waals surface area (Å²) in [7, 11) is 0. The van der Waals surface area contributed by atoms with Gasteiger partial charge in [0.1, 0.15) is 11.1 Å². The van der Waals surface area contributed by atoms with Gasteiger partial charge in [0.05, 0.1) is 0 Å². The maximum Gasteiger partial charge on any atom is 0.417 e. The van der Waals surface area contributed by atoms with Crippen LogP contribution < -0.4 is 5.32 Å². The molecule has 5 rings (SSSR count). The van der Waals surface area contributed by atoms with Crippen molar-refractivity contribution in [1.29, 1.82) is 0 Å². The van der Waals surface area contributed by atoms with Gasteiger partial charge in [-0.1, -0.05) is 65.8 Å². The Balaban J connectivity index is 1.66. The van der Waals surface area contributed by atoms with Gasteiger partial charge in [-0.3, -0.25) is 4.79 Å². The second-order valence-electron chi connectivity index (χ2n) is 12.4. The van der Waals surface area contributed by atoms with Crippen LogP contribution in [0.25, 0.3) is 0 Å². The SMILES string of the molecule is C[C@@H]1[C@H]2[C@@H](c3ccc(Cl)cc3)[C@H](c3ccc(Cl)cc3Cl)CC[C@@]2(NC2CCCC2)C(=O)N1C(=O)OC(C)(C)C. The van der Waals surface area contributed by atoms with Gasteiger partial charge in [0, 0.05) is 33.1 Å². The van der Waals surface area contributed by atoms with Crippen LogP contribution in [0.15, 0.2) is 42.5 Å². The van der Waals surface area contributed by atoms with Crippen molar-refractivity contribution in [2.75, 3.05) is 0 Å². The number of nitrogens with zero attached hydrogens (tertiary/aromatic N) is 1. The van der Waals surface area contributed by atoms with E-state index in [2.05, 4.69) is 5.32 Å². The minimum atomic E-state index is -0.884. The average molecular weight is 592 g/mol. The Morgan fingerprint density at radius 3 is 2.26 bits per heavy atom. The lowest BCUT2D eigenvalue weighted by molar-refractivity contribution is -0.134. The molecule has 2 saturated carbocycles. The van der Waals surface area contributed by atoms with Crippen molar-refractivity contribution < 1.29 is 14.3 Å². The van der Waals surface area contributed by atoms with E-state index >= 15 is 0 Å². The maximum atomic E-state index is 14.5. The Kier molecular flexibility index (Phi) is 8.02. The normalized spacial score (nSPS) is 29.5. The zero-order valence-corrected chi connectivity index (χ0v) is 25.2. The number of halogens is 3. The molecule has 0 radical (unpaired) electrons. The Labute approximate surface area is 246 Å². The summed E-state index contributed by atoms with van der Waals surface area (Å²) in [6, 6.07) is 13.4. The number of amides is 2. The van der Waals surface area contributed by atoms with Crippen LogP contribution in [0.3, 0.4) is 0 Å². The van der Waals surface area contributed by atoms with Gasteiger partial charge in [0.25, 0.3) is 5.91 Å². The molecule has 8 heteroatoms. The molecule has 3 aliphatic rings. The van der Waals surface area contributed by atoms with Crippen molar-refractivity contribution in [2.45, 2.75) is 101 Å². The van der Waals surface area contributed by atoms with Gasteiger partial charge in [0.15, 0.2) is 0 Å². The molecule has 2 aromatic carbocycles. The number of hydrogen-bond donors (Lipinski definition) is 1. The van der Waals surface area contributed by atoms with Crippen molar-refractivity contribution in [2.24, 2.45) is 5.92 Å². The van der Waals surface area contributed by atoms with Crippen molar-refractivity contribution in [3.8, 4) is 0 Å². The van der Waals surface area contributed by atoms with E-state index in [0.717, 1.165) is 43.2 Å². The molecule has 1 heterocycles. The largest absolute Gasteiger partial charge is 0.443 e. The molecule has 2 amide bonds. The average Bonchev–Trinajstić information content (AvgIpc) is 3.43. The fraction of sp³-hybridized carbons (Fsp3) is 0.548. The molecule has 2 aliphatic carbocycles. The first-order valence-corrected chi connectivity index (χ1v) is 15.1. The molecule has 0 aromatic heterocycles. The van der Waals surface area contributed by atoms with Crippen LogP contribution in [0, 0.1) is 5.92 Å². The summed E-state index contributed by atoms with van der Waals surface area (Å²) in [6.45, 7) is 7.46. The number of carbonyl (C=O) groups excluding carboxylic acids is 2. The molecule has 39 heavy (non-hydrogen) atoms. The molecule has 2 aromatic rings. The minimum absolute atomic E-state index is 0.0216. The summed E-state index contributed by atoms with van der Waals surface area (Å²) in [5, 5.41) is 5.70. The van der Waals surface area contributed by atoms with Crippen LogP contribution in [0.5, 0.6) is 0 Å². The topological polar surface area (TPSA) is 58.6 Å². The highest BCUT2D eigenvalue weighted by atomic mass is 35.5. The quantitative estimate of drug-likeness (QED) is 0.388. The first kappa shape index (κ1) is 28.7. The number of likely N-dealkylation sites (tertiary alicyclic amines) is 1. The van der Waals surface area contributed by atoms with Crippen molar-refractivity contribution in [3.05, 3.63) is 68.7 Å². The molecule has 5 atom stereocenters. The molecule has 0 spiro atoms. The fourth-order valence-corrected chi connectivity index (χ4v) is 7.98. The van der Waals surface area contributed by atoms with Crippen molar-refractivity contribution in [1.82, 2.24) is 10.2 Å². The summed E-state index contributed by atoms with van der Waals surface area (Å²) in [6.07, 6.45) is 5.08. The van der Waals surface area contributed by atoms with Crippen LogP contribution in [0.2, 0.25) is 15.1 Å². The zero-order chi connectivity index (χ0) is 28.1. The predicted octanol–water partition coefficient (Wildman–Crippen LogP) is 8.36. The highest BCUT2D eigenvalue weighted by Crippen LogP contribution is 2.58. The number of rotatable bonds is 4. The second kappa shape index (κ2) is 10.9. The van der Waals surface area contributed by atoms with E-state index in [1.165, 1.54) is 4.90 Å².